The van der Waals surface area contributed by atoms with Gasteiger partial charge in [0, 0.05) is 30.9 Å². The van der Waals surface area contributed by atoms with Gasteiger partial charge in [-0.25, -0.2) is 4.79 Å². The molecule has 2 aliphatic rings. The van der Waals surface area contributed by atoms with Crippen LogP contribution in [0.2, 0.25) is 0 Å². The summed E-state index contributed by atoms with van der Waals surface area (Å²) in [5.41, 5.74) is 2.45. The first-order chi connectivity index (χ1) is 9.54. The molecule has 0 bridgehead atoms. The molecule has 1 aliphatic heterocycles. The summed E-state index contributed by atoms with van der Waals surface area (Å²) in [7, 11) is 0. The number of aryl methyl sites for hydroxylation is 2. The van der Waals surface area contributed by atoms with Crippen molar-refractivity contribution in [3.8, 4) is 0 Å². The Balaban J connectivity index is 1.78. The Hall–Kier alpha value is -1.62. The van der Waals surface area contributed by atoms with Crippen molar-refractivity contribution in [2.75, 3.05) is 18.4 Å². The predicted molar refractivity (Wildman–Crippen MR) is 77.3 cm³/mol. The fourth-order valence-electron chi connectivity index (χ4n) is 3.11. The van der Waals surface area contributed by atoms with Gasteiger partial charge in [-0.1, -0.05) is 0 Å². The summed E-state index contributed by atoms with van der Waals surface area (Å²) in [6, 6.07) is 2.97. The van der Waals surface area contributed by atoms with Gasteiger partial charge in [0.05, 0.1) is 11.4 Å². The first-order valence-corrected chi connectivity index (χ1v) is 7.26. The monoisotopic (exact) mass is 275 g/mol. The summed E-state index contributed by atoms with van der Waals surface area (Å²) >= 11 is 0. The molecule has 1 aliphatic carbocycles. The van der Waals surface area contributed by atoms with Crippen LogP contribution in [0, 0.1) is 13.8 Å². The minimum absolute atomic E-state index is 0.306. The third kappa shape index (κ3) is 2.63. The Kier molecular flexibility index (Phi) is 3.38. The SMILES string of the molecule is Cc1cc(NC2CCN(C3CC3)C2)c(C(=O)O)c(C)n1. The lowest BCUT2D eigenvalue weighted by molar-refractivity contribution is 0.0696. The van der Waals surface area contributed by atoms with Crippen molar-refractivity contribution < 1.29 is 9.90 Å². The van der Waals surface area contributed by atoms with Crippen molar-refractivity contribution >= 4 is 11.7 Å². The second kappa shape index (κ2) is 5.05. The first kappa shape index (κ1) is 13.4. The number of pyridine rings is 1. The van der Waals surface area contributed by atoms with Crippen LogP contribution in [0.4, 0.5) is 5.69 Å². The van der Waals surface area contributed by atoms with Crippen LogP contribution in [0.3, 0.4) is 0 Å². The number of rotatable bonds is 4. The molecule has 2 fully saturated rings. The molecule has 108 valence electrons. The van der Waals surface area contributed by atoms with E-state index in [1.807, 2.05) is 13.0 Å². The maximum Gasteiger partial charge on any atom is 0.339 e. The number of aromatic carboxylic acids is 1. The first-order valence-electron chi connectivity index (χ1n) is 7.26. The van der Waals surface area contributed by atoms with Gasteiger partial charge in [0.2, 0.25) is 0 Å². The van der Waals surface area contributed by atoms with E-state index < -0.39 is 5.97 Å². The van der Waals surface area contributed by atoms with E-state index >= 15 is 0 Å². The van der Waals surface area contributed by atoms with E-state index in [9.17, 15) is 9.90 Å². The maximum atomic E-state index is 11.4. The summed E-state index contributed by atoms with van der Waals surface area (Å²) in [6.45, 7) is 5.79. The predicted octanol–water partition coefficient (Wildman–Crippen LogP) is 2.05. The summed E-state index contributed by atoms with van der Waals surface area (Å²) in [5, 5.41) is 12.8. The second-order valence-electron chi connectivity index (χ2n) is 5.93. The van der Waals surface area contributed by atoms with Crippen LogP contribution in [0.1, 0.15) is 41.0 Å². The van der Waals surface area contributed by atoms with Crippen LogP contribution >= 0.6 is 0 Å². The molecule has 2 heterocycles. The number of nitrogens with zero attached hydrogens (tertiary/aromatic N) is 2. The van der Waals surface area contributed by atoms with Crippen molar-refractivity contribution in [1.82, 2.24) is 9.88 Å². The number of carboxylic acids is 1. The van der Waals surface area contributed by atoms with E-state index in [4.69, 9.17) is 0 Å². The standard InChI is InChI=1S/C15H21N3O2/c1-9-7-13(14(15(19)20)10(2)16-9)17-11-5-6-18(8-11)12-3-4-12/h7,11-12H,3-6,8H2,1-2H3,(H,16,17)(H,19,20). The Morgan fingerprint density at radius 3 is 2.80 bits per heavy atom. The topological polar surface area (TPSA) is 65.5 Å². The zero-order valence-electron chi connectivity index (χ0n) is 12.0. The summed E-state index contributed by atoms with van der Waals surface area (Å²) < 4.78 is 0. The smallest absolute Gasteiger partial charge is 0.339 e. The van der Waals surface area contributed by atoms with Crippen molar-refractivity contribution in [3.05, 3.63) is 23.0 Å². The largest absolute Gasteiger partial charge is 0.478 e. The molecule has 1 unspecified atom stereocenters. The molecular formula is C15H21N3O2. The number of hydrogen-bond acceptors (Lipinski definition) is 4. The molecule has 5 nitrogen and oxygen atoms in total. The molecule has 1 aromatic heterocycles. The third-order valence-corrected chi connectivity index (χ3v) is 4.18. The van der Waals surface area contributed by atoms with Gasteiger partial charge in [-0.3, -0.25) is 9.88 Å². The summed E-state index contributed by atoms with van der Waals surface area (Å²) in [4.78, 5) is 18.2. The molecule has 5 heteroatoms. The number of aromatic nitrogens is 1. The number of nitrogens with one attached hydrogen (secondary N) is 1. The van der Waals surface area contributed by atoms with Gasteiger partial charge in [0.15, 0.2) is 0 Å². The summed E-state index contributed by atoms with van der Waals surface area (Å²) in [6.07, 6.45) is 3.72. The van der Waals surface area contributed by atoms with Gasteiger partial charge >= 0.3 is 5.97 Å². The van der Waals surface area contributed by atoms with Crippen molar-refractivity contribution in [3.63, 3.8) is 0 Å². The fraction of sp³-hybridized carbons (Fsp3) is 0.600. The molecule has 0 aromatic carbocycles. The quantitative estimate of drug-likeness (QED) is 0.880. The molecule has 0 spiro atoms. The number of likely N-dealkylation sites (tertiary alicyclic amines) is 1. The van der Waals surface area contributed by atoms with Crippen LogP contribution in [-0.4, -0.2) is 46.1 Å². The number of hydrogen-bond donors (Lipinski definition) is 2. The minimum atomic E-state index is -0.908. The van der Waals surface area contributed by atoms with Gasteiger partial charge in [-0.05, 0) is 39.2 Å². The van der Waals surface area contributed by atoms with Gasteiger partial charge in [0.25, 0.3) is 0 Å². The van der Waals surface area contributed by atoms with E-state index in [-0.39, 0.29) is 0 Å². The minimum Gasteiger partial charge on any atom is -0.478 e. The highest BCUT2D eigenvalue weighted by Crippen LogP contribution is 2.31. The highest BCUT2D eigenvalue weighted by molar-refractivity contribution is 5.95. The Morgan fingerprint density at radius 2 is 2.15 bits per heavy atom. The molecule has 2 N–H and O–H groups in total. The van der Waals surface area contributed by atoms with Crippen LogP contribution < -0.4 is 5.32 Å². The van der Waals surface area contributed by atoms with Crippen LogP contribution in [-0.2, 0) is 0 Å². The molecule has 0 radical (unpaired) electrons. The molecule has 1 saturated carbocycles. The summed E-state index contributed by atoms with van der Waals surface area (Å²) in [5.74, 6) is -0.908. The van der Waals surface area contributed by atoms with Crippen LogP contribution in [0.5, 0.6) is 0 Å². The third-order valence-electron chi connectivity index (χ3n) is 4.18. The van der Waals surface area contributed by atoms with Crippen molar-refractivity contribution in [1.29, 1.82) is 0 Å². The number of carbonyl (C=O) groups is 1. The second-order valence-corrected chi connectivity index (χ2v) is 5.93. The van der Waals surface area contributed by atoms with Gasteiger partial charge in [-0.15, -0.1) is 0 Å². The zero-order valence-corrected chi connectivity index (χ0v) is 12.0. The molecule has 3 rings (SSSR count). The average Bonchev–Trinajstić information content (AvgIpc) is 3.09. The number of anilines is 1. The molecule has 1 saturated heterocycles. The van der Waals surface area contributed by atoms with Crippen molar-refractivity contribution in [2.24, 2.45) is 0 Å². The zero-order chi connectivity index (χ0) is 14.3. The Labute approximate surface area is 119 Å². The molecule has 20 heavy (non-hydrogen) atoms. The molecular weight excluding hydrogens is 254 g/mol. The fourth-order valence-corrected chi connectivity index (χ4v) is 3.11. The van der Waals surface area contributed by atoms with Crippen molar-refractivity contribution in [2.45, 2.75) is 45.2 Å². The van der Waals surface area contributed by atoms with E-state index in [0.29, 0.717) is 23.0 Å². The van der Waals surface area contributed by atoms with Crippen LogP contribution in [0.15, 0.2) is 6.07 Å². The lowest BCUT2D eigenvalue weighted by Crippen LogP contribution is -2.28. The molecule has 1 aromatic rings. The maximum absolute atomic E-state index is 11.4. The van der Waals surface area contributed by atoms with E-state index in [1.54, 1.807) is 6.92 Å². The van der Waals surface area contributed by atoms with Gasteiger partial charge < -0.3 is 10.4 Å². The molecule has 0 amide bonds. The normalized spacial score (nSPS) is 23.0. The van der Waals surface area contributed by atoms with E-state index in [0.717, 1.165) is 31.2 Å². The lowest BCUT2D eigenvalue weighted by atomic mass is 10.1. The Bertz CT molecular complexity index is 540. The lowest BCUT2D eigenvalue weighted by Gasteiger charge is -2.19. The highest BCUT2D eigenvalue weighted by Gasteiger charge is 2.34. The van der Waals surface area contributed by atoms with Gasteiger partial charge in [0.1, 0.15) is 5.56 Å². The molecule has 1 atom stereocenters. The average molecular weight is 275 g/mol. The van der Waals surface area contributed by atoms with Crippen LogP contribution in [0.25, 0.3) is 0 Å². The van der Waals surface area contributed by atoms with E-state index in [1.165, 1.54) is 12.8 Å². The van der Waals surface area contributed by atoms with Gasteiger partial charge in [-0.2, -0.15) is 0 Å². The number of carboxylic acid groups (broad SMARTS) is 1. The highest BCUT2D eigenvalue weighted by atomic mass is 16.4. The van der Waals surface area contributed by atoms with E-state index in [2.05, 4.69) is 15.2 Å². The Morgan fingerprint density at radius 1 is 1.40 bits per heavy atom.